The standard InChI is InChI=1S/C13H14N2O4/c1-8(2)15-12(18)9-5-3-4-6-10(9)14(13(15)19)7-11(16)17/h3-6,8H,7H2,1-2H3,(H,16,17). The maximum Gasteiger partial charge on any atom is 0.332 e. The molecule has 2 rings (SSSR count). The van der Waals surface area contributed by atoms with Crippen molar-refractivity contribution in [1.29, 1.82) is 0 Å². The molecule has 0 unspecified atom stereocenters. The Kier molecular flexibility index (Phi) is 3.25. The summed E-state index contributed by atoms with van der Waals surface area (Å²) in [5.74, 6) is -1.12. The Morgan fingerprint density at radius 1 is 1.26 bits per heavy atom. The number of carboxylic acids is 1. The third kappa shape index (κ3) is 2.16. The minimum atomic E-state index is -1.12. The number of rotatable bonds is 3. The van der Waals surface area contributed by atoms with Crippen molar-refractivity contribution in [3.63, 3.8) is 0 Å². The van der Waals surface area contributed by atoms with Crippen LogP contribution in [-0.2, 0) is 11.3 Å². The highest BCUT2D eigenvalue weighted by Gasteiger charge is 2.15. The first-order valence-corrected chi connectivity index (χ1v) is 5.89. The zero-order chi connectivity index (χ0) is 14.2. The molecular weight excluding hydrogens is 248 g/mol. The monoisotopic (exact) mass is 262 g/mol. The molecule has 6 heteroatoms. The molecule has 0 amide bonds. The van der Waals surface area contributed by atoms with E-state index in [9.17, 15) is 14.4 Å². The van der Waals surface area contributed by atoms with Gasteiger partial charge in [0, 0.05) is 6.04 Å². The third-order valence-corrected chi connectivity index (χ3v) is 2.89. The van der Waals surface area contributed by atoms with Gasteiger partial charge in [0.1, 0.15) is 6.54 Å². The molecule has 0 aliphatic rings. The van der Waals surface area contributed by atoms with Gasteiger partial charge in [0.05, 0.1) is 10.9 Å². The van der Waals surface area contributed by atoms with E-state index >= 15 is 0 Å². The van der Waals surface area contributed by atoms with Crippen molar-refractivity contribution in [3.8, 4) is 0 Å². The molecule has 0 saturated carbocycles. The SMILES string of the molecule is CC(C)n1c(=O)c2ccccc2n(CC(=O)O)c1=O. The summed E-state index contributed by atoms with van der Waals surface area (Å²) in [6, 6.07) is 6.19. The van der Waals surface area contributed by atoms with Crippen molar-refractivity contribution in [2.45, 2.75) is 26.4 Å². The summed E-state index contributed by atoms with van der Waals surface area (Å²) in [4.78, 5) is 35.4. The minimum absolute atomic E-state index is 0.329. The van der Waals surface area contributed by atoms with Crippen molar-refractivity contribution in [2.24, 2.45) is 0 Å². The Morgan fingerprint density at radius 3 is 2.47 bits per heavy atom. The fourth-order valence-electron chi connectivity index (χ4n) is 2.08. The molecule has 1 N–H and O–H groups in total. The molecule has 0 saturated heterocycles. The zero-order valence-corrected chi connectivity index (χ0v) is 10.7. The Labute approximate surface area is 108 Å². The van der Waals surface area contributed by atoms with Crippen molar-refractivity contribution in [1.82, 2.24) is 9.13 Å². The first-order valence-electron chi connectivity index (χ1n) is 5.89. The van der Waals surface area contributed by atoms with E-state index in [2.05, 4.69) is 0 Å². The van der Waals surface area contributed by atoms with Gasteiger partial charge in [0.25, 0.3) is 5.56 Å². The lowest BCUT2D eigenvalue weighted by atomic mass is 10.2. The third-order valence-electron chi connectivity index (χ3n) is 2.89. The highest BCUT2D eigenvalue weighted by atomic mass is 16.4. The zero-order valence-electron chi connectivity index (χ0n) is 10.7. The van der Waals surface area contributed by atoms with Gasteiger partial charge < -0.3 is 5.11 Å². The van der Waals surface area contributed by atoms with Crippen molar-refractivity contribution >= 4 is 16.9 Å². The summed E-state index contributed by atoms with van der Waals surface area (Å²) in [5, 5.41) is 9.25. The lowest BCUT2D eigenvalue weighted by Crippen LogP contribution is -2.42. The lowest BCUT2D eigenvalue weighted by Gasteiger charge is -2.14. The molecule has 6 nitrogen and oxygen atoms in total. The topological polar surface area (TPSA) is 81.3 Å². The largest absolute Gasteiger partial charge is 0.480 e. The number of aliphatic carboxylic acids is 1. The van der Waals surface area contributed by atoms with Crippen LogP contribution in [0.1, 0.15) is 19.9 Å². The average molecular weight is 262 g/mol. The number of hydrogen-bond donors (Lipinski definition) is 1. The highest BCUT2D eigenvalue weighted by Crippen LogP contribution is 2.09. The van der Waals surface area contributed by atoms with Gasteiger partial charge in [0.2, 0.25) is 0 Å². The van der Waals surface area contributed by atoms with E-state index in [0.717, 1.165) is 9.13 Å². The Balaban J connectivity index is 2.97. The van der Waals surface area contributed by atoms with E-state index in [-0.39, 0.29) is 6.04 Å². The van der Waals surface area contributed by atoms with Gasteiger partial charge in [-0.2, -0.15) is 0 Å². The van der Waals surface area contributed by atoms with Gasteiger partial charge in [-0.05, 0) is 26.0 Å². The van der Waals surface area contributed by atoms with Gasteiger partial charge >= 0.3 is 11.7 Å². The van der Waals surface area contributed by atoms with Crippen LogP contribution in [0.4, 0.5) is 0 Å². The number of benzene rings is 1. The van der Waals surface area contributed by atoms with Crippen LogP contribution < -0.4 is 11.2 Å². The second-order valence-corrected chi connectivity index (χ2v) is 4.55. The maximum atomic E-state index is 12.2. The van der Waals surface area contributed by atoms with E-state index in [4.69, 9.17) is 5.11 Å². The molecule has 0 aliphatic heterocycles. The quantitative estimate of drug-likeness (QED) is 0.888. The normalized spacial score (nSPS) is 11.1. The number of carbonyl (C=O) groups is 1. The van der Waals surface area contributed by atoms with Crippen LogP contribution in [0.15, 0.2) is 33.9 Å². The molecule has 1 aromatic carbocycles. The molecule has 100 valence electrons. The molecule has 1 aromatic heterocycles. The Bertz CT molecular complexity index is 755. The van der Waals surface area contributed by atoms with Crippen LogP contribution >= 0.6 is 0 Å². The molecule has 0 atom stereocenters. The number of aromatic nitrogens is 2. The molecule has 0 spiro atoms. The molecule has 0 bridgehead atoms. The van der Waals surface area contributed by atoms with Crippen molar-refractivity contribution < 1.29 is 9.90 Å². The van der Waals surface area contributed by atoms with Crippen LogP contribution in [0.5, 0.6) is 0 Å². The number of carboxylic acid groups (broad SMARTS) is 1. The van der Waals surface area contributed by atoms with Crippen molar-refractivity contribution in [2.75, 3.05) is 0 Å². The maximum absolute atomic E-state index is 12.2. The molecule has 0 radical (unpaired) electrons. The number of para-hydroxylation sites is 1. The molecule has 0 aliphatic carbocycles. The Morgan fingerprint density at radius 2 is 1.89 bits per heavy atom. The molecule has 2 aromatic rings. The molecule has 0 fully saturated rings. The smallest absolute Gasteiger partial charge is 0.332 e. The van der Waals surface area contributed by atoms with Gasteiger partial charge in [-0.1, -0.05) is 12.1 Å². The highest BCUT2D eigenvalue weighted by molar-refractivity contribution is 5.79. The summed E-state index contributed by atoms with van der Waals surface area (Å²) < 4.78 is 2.18. The summed E-state index contributed by atoms with van der Waals surface area (Å²) in [5.41, 5.74) is -0.643. The van der Waals surface area contributed by atoms with Crippen LogP contribution in [0.2, 0.25) is 0 Å². The van der Waals surface area contributed by atoms with E-state index in [1.807, 2.05) is 0 Å². The van der Waals surface area contributed by atoms with Gasteiger partial charge in [-0.3, -0.25) is 18.7 Å². The predicted octanol–water partition coefficient (Wildman–Crippen LogP) is 0.829. The Hall–Kier alpha value is -2.37. The summed E-state index contributed by atoms with van der Waals surface area (Å²) in [7, 11) is 0. The second kappa shape index (κ2) is 4.72. The van der Waals surface area contributed by atoms with E-state index in [0.29, 0.717) is 10.9 Å². The number of fused-ring (bicyclic) bond motifs is 1. The summed E-state index contributed by atoms with van der Waals surface area (Å²) >= 11 is 0. The minimum Gasteiger partial charge on any atom is -0.480 e. The lowest BCUT2D eigenvalue weighted by molar-refractivity contribution is -0.137. The van der Waals surface area contributed by atoms with Crippen molar-refractivity contribution in [3.05, 3.63) is 45.1 Å². The van der Waals surface area contributed by atoms with E-state index in [1.165, 1.54) is 0 Å². The number of hydrogen-bond acceptors (Lipinski definition) is 3. The fraction of sp³-hybridized carbons (Fsp3) is 0.308. The molecule has 1 heterocycles. The molecular formula is C13H14N2O4. The van der Waals surface area contributed by atoms with Crippen LogP contribution in [-0.4, -0.2) is 20.2 Å². The summed E-state index contributed by atoms with van der Waals surface area (Å²) in [6.07, 6.45) is 0. The summed E-state index contributed by atoms with van der Waals surface area (Å²) in [6.45, 7) is 2.96. The van der Waals surface area contributed by atoms with Gasteiger partial charge in [-0.15, -0.1) is 0 Å². The van der Waals surface area contributed by atoms with Crippen LogP contribution in [0, 0.1) is 0 Å². The van der Waals surface area contributed by atoms with Gasteiger partial charge in [0.15, 0.2) is 0 Å². The fourth-order valence-corrected chi connectivity index (χ4v) is 2.08. The predicted molar refractivity (Wildman–Crippen MR) is 70.5 cm³/mol. The van der Waals surface area contributed by atoms with Crippen LogP contribution in [0.3, 0.4) is 0 Å². The first-order chi connectivity index (χ1) is 8.93. The second-order valence-electron chi connectivity index (χ2n) is 4.55. The number of nitrogens with zero attached hydrogens (tertiary/aromatic N) is 2. The van der Waals surface area contributed by atoms with Gasteiger partial charge in [-0.25, -0.2) is 4.79 Å². The van der Waals surface area contributed by atoms with E-state index < -0.39 is 23.8 Å². The molecule has 19 heavy (non-hydrogen) atoms. The first kappa shape index (κ1) is 13.1. The average Bonchev–Trinajstić information content (AvgIpc) is 2.34. The van der Waals surface area contributed by atoms with E-state index in [1.54, 1.807) is 38.1 Å². The van der Waals surface area contributed by atoms with Crippen LogP contribution in [0.25, 0.3) is 10.9 Å².